The van der Waals surface area contributed by atoms with Gasteiger partial charge in [0.25, 0.3) is 0 Å². The van der Waals surface area contributed by atoms with E-state index in [-0.39, 0.29) is 24.5 Å². The highest BCUT2D eigenvalue weighted by Gasteiger charge is 2.37. The van der Waals surface area contributed by atoms with Crippen LogP contribution in [0, 0.1) is 12.8 Å². The van der Waals surface area contributed by atoms with Gasteiger partial charge in [-0.15, -0.1) is 0 Å². The summed E-state index contributed by atoms with van der Waals surface area (Å²) in [5.41, 5.74) is 1.77. The summed E-state index contributed by atoms with van der Waals surface area (Å²) in [6.45, 7) is 4.62. The Morgan fingerprint density at radius 2 is 2.00 bits per heavy atom. The van der Waals surface area contributed by atoms with E-state index < -0.39 is 0 Å². The van der Waals surface area contributed by atoms with E-state index in [1.807, 2.05) is 48.2 Å². The van der Waals surface area contributed by atoms with E-state index in [0.29, 0.717) is 24.1 Å². The minimum Gasteiger partial charge on any atom is -0.464 e. The maximum absolute atomic E-state index is 12.7. The Balaban J connectivity index is 1.30. The Morgan fingerprint density at radius 3 is 2.68 bits per heavy atom. The molecule has 0 spiro atoms. The summed E-state index contributed by atoms with van der Waals surface area (Å²) >= 11 is 0. The van der Waals surface area contributed by atoms with Crippen LogP contribution in [0.1, 0.15) is 49.2 Å². The fourth-order valence-electron chi connectivity index (χ4n) is 3.53. The van der Waals surface area contributed by atoms with Crippen molar-refractivity contribution < 1.29 is 14.0 Å². The normalized spacial score (nSPS) is 20.5. The molecule has 0 bridgehead atoms. The van der Waals surface area contributed by atoms with Crippen LogP contribution in [0.5, 0.6) is 0 Å². The van der Waals surface area contributed by atoms with Gasteiger partial charge in [-0.05, 0) is 61.9 Å². The zero-order valence-electron chi connectivity index (χ0n) is 16.4. The SMILES string of the molecule is Cc1cccc(NC(=O)NCC(=O)N(Cc2ccc(C3CC3C)o2)C2CC2)c1. The van der Waals surface area contributed by atoms with Crippen LogP contribution in [-0.4, -0.2) is 29.4 Å². The van der Waals surface area contributed by atoms with Crippen LogP contribution >= 0.6 is 0 Å². The maximum atomic E-state index is 12.7. The third-order valence-corrected chi connectivity index (χ3v) is 5.47. The molecule has 6 heteroatoms. The number of carbonyl (C=O) groups excluding carboxylic acids is 2. The van der Waals surface area contributed by atoms with E-state index in [9.17, 15) is 9.59 Å². The first kappa shape index (κ1) is 18.6. The number of amides is 3. The van der Waals surface area contributed by atoms with Gasteiger partial charge in [-0.25, -0.2) is 4.79 Å². The highest BCUT2D eigenvalue weighted by atomic mass is 16.3. The molecular weight excluding hydrogens is 354 g/mol. The number of anilines is 1. The van der Waals surface area contributed by atoms with E-state index in [0.717, 1.165) is 29.9 Å². The molecule has 2 N–H and O–H groups in total. The van der Waals surface area contributed by atoms with Gasteiger partial charge in [-0.3, -0.25) is 4.79 Å². The Labute approximate surface area is 165 Å². The van der Waals surface area contributed by atoms with E-state index in [4.69, 9.17) is 4.42 Å². The van der Waals surface area contributed by atoms with Crippen molar-refractivity contribution in [1.82, 2.24) is 10.2 Å². The third kappa shape index (κ3) is 4.55. The molecule has 2 fully saturated rings. The molecule has 1 aromatic heterocycles. The molecule has 0 saturated heterocycles. The fourth-order valence-corrected chi connectivity index (χ4v) is 3.53. The van der Waals surface area contributed by atoms with Gasteiger partial charge in [-0.2, -0.15) is 0 Å². The van der Waals surface area contributed by atoms with Crippen LogP contribution in [0.15, 0.2) is 40.8 Å². The van der Waals surface area contributed by atoms with Crippen molar-refractivity contribution in [3.63, 3.8) is 0 Å². The van der Waals surface area contributed by atoms with E-state index in [1.165, 1.54) is 6.42 Å². The number of hydrogen-bond donors (Lipinski definition) is 2. The molecule has 3 amide bonds. The first-order chi connectivity index (χ1) is 13.5. The van der Waals surface area contributed by atoms with Crippen molar-refractivity contribution in [2.75, 3.05) is 11.9 Å². The number of urea groups is 1. The number of hydrogen-bond acceptors (Lipinski definition) is 3. The lowest BCUT2D eigenvalue weighted by Gasteiger charge is -2.21. The van der Waals surface area contributed by atoms with Crippen molar-refractivity contribution in [3.8, 4) is 0 Å². The van der Waals surface area contributed by atoms with Gasteiger partial charge < -0.3 is 20.0 Å². The van der Waals surface area contributed by atoms with Gasteiger partial charge in [0.15, 0.2) is 0 Å². The Bertz CT molecular complexity index is 871. The number of furan rings is 1. The van der Waals surface area contributed by atoms with Gasteiger partial charge in [-0.1, -0.05) is 19.1 Å². The van der Waals surface area contributed by atoms with Crippen LogP contribution in [-0.2, 0) is 11.3 Å². The first-order valence-electron chi connectivity index (χ1n) is 9.99. The van der Waals surface area contributed by atoms with Crippen molar-refractivity contribution in [2.24, 2.45) is 5.92 Å². The van der Waals surface area contributed by atoms with Crippen LogP contribution in [0.3, 0.4) is 0 Å². The second-order valence-electron chi connectivity index (χ2n) is 8.05. The molecule has 0 aliphatic heterocycles. The second-order valence-corrected chi connectivity index (χ2v) is 8.05. The van der Waals surface area contributed by atoms with Crippen molar-refractivity contribution in [2.45, 2.75) is 51.6 Å². The molecule has 28 heavy (non-hydrogen) atoms. The summed E-state index contributed by atoms with van der Waals surface area (Å²) < 4.78 is 5.96. The maximum Gasteiger partial charge on any atom is 0.319 e. The summed E-state index contributed by atoms with van der Waals surface area (Å²) in [5.74, 6) is 2.99. The molecule has 0 radical (unpaired) electrons. The summed E-state index contributed by atoms with van der Waals surface area (Å²) in [4.78, 5) is 26.6. The largest absolute Gasteiger partial charge is 0.464 e. The molecule has 2 aliphatic rings. The highest BCUT2D eigenvalue weighted by Crippen LogP contribution is 2.47. The average molecular weight is 381 g/mol. The molecule has 1 heterocycles. The predicted octanol–water partition coefficient (Wildman–Crippen LogP) is 4.02. The molecule has 148 valence electrons. The molecule has 6 nitrogen and oxygen atoms in total. The number of rotatable bonds is 7. The van der Waals surface area contributed by atoms with Gasteiger partial charge in [0.05, 0.1) is 13.1 Å². The minimum absolute atomic E-state index is 0.0264. The van der Waals surface area contributed by atoms with E-state index in [2.05, 4.69) is 17.6 Å². The minimum atomic E-state index is -0.377. The van der Waals surface area contributed by atoms with Crippen LogP contribution in [0.2, 0.25) is 0 Å². The van der Waals surface area contributed by atoms with E-state index in [1.54, 1.807) is 0 Å². The zero-order valence-corrected chi connectivity index (χ0v) is 16.4. The summed E-state index contributed by atoms with van der Waals surface area (Å²) in [7, 11) is 0. The molecule has 4 rings (SSSR count). The zero-order chi connectivity index (χ0) is 19.7. The van der Waals surface area contributed by atoms with Gasteiger partial charge >= 0.3 is 6.03 Å². The lowest BCUT2D eigenvalue weighted by atomic mass is 10.2. The number of nitrogens with zero attached hydrogens (tertiary/aromatic N) is 1. The van der Waals surface area contributed by atoms with Crippen molar-refractivity contribution >= 4 is 17.6 Å². The lowest BCUT2D eigenvalue weighted by Crippen LogP contribution is -2.42. The smallest absolute Gasteiger partial charge is 0.319 e. The van der Waals surface area contributed by atoms with Crippen LogP contribution < -0.4 is 10.6 Å². The van der Waals surface area contributed by atoms with Gasteiger partial charge in [0, 0.05) is 17.6 Å². The summed E-state index contributed by atoms with van der Waals surface area (Å²) in [6.07, 6.45) is 3.20. The standard InChI is InChI=1S/C22H27N3O3/c1-14-4-3-5-16(10-14)24-22(27)23-12-21(26)25(17-6-7-17)13-18-8-9-20(28-18)19-11-15(19)2/h3-5,8-10,15,17,19H,6-7,11-13H2,1-2H3,(H2,23,24,27). The highest BCUT2D eigenvalue weighted by molar-refractivity contribution is 5.92. The van der Waals surface area contributed by atoms with Crippen molar-refractivity contribution in [1.29, 1.82) is 0 Å². The molecule has 2 unspecified atom stereocenters. The number of benzene rings is 1. The Morgan fingerprint density at radius 1 is 1.21 bits per heavy atom. The second kappa shape index (κ2) is 7.70. The summed E-state index contributed by atoms with van der Waals surface area (Å²) in [6, 6.07) is 11.4. The number of aryl methyl sites for hydroxylation is 1. The molecule has 2 aliphatic carbocycles. The van der Waals surface area contributed by atoms with Crippen LogP contribution in [0.4, 0.5) is 10.5 Å². The lowest BCUT2D eigenvalue weighted by molar-refractivity contribution is -0.131. The molecule has 2 saturated carbocycles. The monoisotopic (exact) mass is 381 g/mol. The van der Waals surface area contributed by atoms with E-state index >= 15 is 0 Å². The number of carbonyl (C=O) groups is 2. The van der Waals surface area contributed by atoms with Gasteiger partial charge in [0.1, 0.15) is 11.5 Å². The predicted molar refractivity (Wildman–Crippen MR) is 107 cm³/mol. The quantitative estimate of drug-likeness (QED) is 0.761. The number of nitrogens with one attached hydrogen (secondary N) is 2. The molecule has 2 atom stereocenters. The fraction of sp³-hybridized carbons (Fsp3) is 0.455. The van der Waals surface area contributed by atoms with Crippen LogP contribution in [0.25, 0.3) is 0 Å². The Kier molecular flexibility index (Phi) is 5.11. The Hall–Kier alpha value is -2.76. The molecule has 1 aromatic carbocycles. The van der Waals surface area contributed by atoms with Crippen molar-refractivity contribution in [3.05, 3.63) is 53.5 Å². The average Bonchev–Trinajstić information content (AvgIpc) is 3.58. The van der Waals surface area contributed by atoms with Gasteiger partial charge in [0.2, 0.25) is 5.91 Å². The topological polar surface area (TPSA) is 74.6 Å². The third-order valence-electron chi connectivity index (χ3n) is 5.47. The molecular formula is C22H27N3O3. The first-order valence-corrected chi connectivity index (χ1v) is 9.99. The molecule has 2 aromatic rings. The summed E-state index contributed by atoms with van der Waals surface area (Å²) in [5, 5.41) is 5.43.